The number of halogens is 1. The Kier molecular flexibility index (Phi) is 3.78. The van der Waals surface area contributed by atoms with Crippen LogP contribution in [0.25, 0.3) is 0 Å². The molecule has 0 bridgehead atoms. The summed E-state index contributed by atoms with van der Waals surface area (Å²) < 4.78 is 0. The van der Waals surface area contributed by atoms with E-state index in [2.05, 4.69) is 10.3 Å². The predicted molar refractivity (Wildman–Crippen MR) is 77.2 cm³/mol. The van der Waals surface area contributed by atoms with Gasteiger partial charge in [-0.1, -0.05) is 23.7 Å². The summed E-state index contributed by atoms with van der Waals surface area (Å²) in [6.07, 6.45) is 0. The molecule has 1 aromatic carbocycles. The lowest BCUT2D eigenvalue weighted by Gasteiger charge is -2.30. The number of thiocarbonyl (C=S) groups is 1. The van der Waals surface area contributed by atoms with Crippen molar-refractivity contribution < 1.29 is 4.79 Å². The molecule has 1 heterocycles. The lowest BCUT2D eigenvalue weighted by atomic mass is 9.86. The van der Waals surface area contributed by atoms with Gasteiger partial charge in [0.05, 0.1) is 12.0 Å². The summed E-state index contributed by atoms with van der Waals surface area (Å²) in [5, 5.41) is 4.18. The molecule has 0 radical (unpaired) electrons. The van der Waals surface area contributed by atoms with Crippen molar-refractivity contribution >= 4 is 40.4 Å². The van der Waals surface area contributed by atoms with Gasteiger partial charge < -0.3 is 5.32 Å². The van der Waals surface area contributed by atoms with Crippen molar-refractivity contribution in [2.45, 2.75) is 19.9 Å². The number of ketones is 1. The summed E-state index contributed by atoms with van der Waals surface area (Å²) in [6, 6.07) is 7.25. The van der Waals surface area contributed by atoms with E-state index in [0.29, 0.717) is 10.1 Å². The SMILES string of the molecule is CC(=O)C1C(C)=NC(=S)NC1c1ccc(Cl)cc1. The Bertz CT molecular complexity index is 524. The average Bonchev–Trinajstić information content (AvgIpc) is 2.28. The van der Waals surface area contributed by atoms with Gasteiger partial charge in [0.2, 0.25) is 0 Å². The number of carbonyl (C=O) groups excluding carboxylic acids is 1. The van der Waals surface area contributed by atoms with Crippen LogP contribution in [0.3, 0.4) is 0 Å². The van der Waals surface area contributed by atoms with Crippen molar-refractivity contribution in [3.05, 3.63) is 34.9 Å². The molecule has 2 atom stereocenters. The van der Waals surface area contributed by atoms with Gasteiger partial charge in [0, 0.05) is 10.7 Å². The van der Waals surface area contributed by atoms with E-state index in [-0.39, 0.29) is 17.7 Å². The van der Waals surface area contributed by atoms with E-state index in [9.17, 15) is 4.79 Å². The van der Waals surface area contributed by atoms with Gasteiger partial charge in [-0.3, -0.25) is 4.79 Å². The molecule has 0 spiro atoms. The van der Waals surface area contributed by atoms with E-state index in [4.69, 9.17) is 23.8 Å². The van der Waals surface area contributed by atoms with Gasteiger partial charge in [0.1, 0.15) is 5.78 Å². The summed E-state index contributed by atoms with van der Waals surface area (Å²) in [4.78, 5) is 15.9. The highest BCUT2D eigenvalue weighted by atomic mass is 35.5. The van der Waals surface area contributed by atoms with Gasteiger partial charge in [0.25, 0.3) is 0 Å². The standard InChI is InChI=1S/C13H13ClN2OS/c1-7-11(8(2)17)12(16-13(18)15-7)9-3-5-10(14)6-4-9/h3-6,11-12H,1-2H3,(H,16,18). The van der Waals surface area contributed by atoms with Gasteiger partial charge in [-0.2, -0.15) is 0 Å². The number of aliphatic imine (C=N–C) groups is 1. The lowest BCUT2D eigenvalue weighted by Crippen LogP contribution is -2.42. The van der Waals surface area contributed by atoms with Crippen LogP contribution in [-0.2, 0) is 4.79 Å². The molecule has 1 N–H and O–H groups in total. The van der Waals surface area contributed by atoms with Crippen LogP contribution in [0.2, 0.25) is 5.02 Å². The number of hydrogen-bond acceptors (Lipinski definition) is 2. The van der Waals surface area contributed by atoms with Gasteiger partial charge in [-0.25, -0.2) is 4.99 Å². The molecule has 0 aliphatic carbocycles. The smallest absolute Gasteiger partial charge is 0.193 e. The Morgan fingerprint density at radius 1 is 1.39 bits per heavy atom. The van der Waals surface area contributed by atoms with E-state index >= 15 is 0 Å². The zero-order valence-corrected chi connectivity index (χ0v) is 11.7. The second-order valence-electron chi connectivity index (χ2n) is 4.32. The van der Waals surface area contributed by atoms with Crippen LogP contribution in [0.1, 0.15) is 25.5 Å². The first-order chi connectivity index (χ1) is 8.49. The second kappa shape index (κ2) is 5.16. The summed E-state index contributed by atoms with van der Waals surface area (Å²) >= 11 is 11.0. The van der Waals surface area contributed by atoms with Crippen molar-refractivity contribution in [1.29, 1.82) is 0 Å². The maximum atomic E-state index is 11.8. The normalized spacial score (nSPS) is 23.3. The van der Waals surface area contributed by atoms with Gasteiger partial charge >= 0.3 is 0 Å². The van der Waals surface area contributed by atoms with E-state index in [1.165, 1.54) is 0 Å². The number of hydrogen-bond donors (Lipinski definition) is 1. The molecule has 2 rings (SSSR count). The van der Waals surface area contributed by atoms with Crippen LogP contribution in [0, 0.1) is 5.92 Å². The fourth-order valence-corrected chi connectivity index (χ4v) is 2.59. The minimum atomic E-state index is -0.280. The molecule has 0 aromatic heterocycles. The molecule has 1 aromatic rings. The molecule has 3 nitrogen and oxygen atoms in total. The first-order valence-corrected chi connectivity index (χ1v) is 6.39. The van der Waals surface area contributed by atoms with Crippen molar-refractivity contribution in [3.8, 4) is 0 Å². The Morgan fingerprint density at radius 3 is 2.56 bits per heavy atom. The largest absolute Gasteiger partial charge is 0.353 e. The highest BCUT2D eigenvalue weighted by Gasteiger charge is 2.33. The zero-order chi connectivity index (χ0) is 13.3. The summed E-state index contributed by atoms with van der Waals surface area (Å²) in [6.45, 7) is 3.41. The molecule has 5 heteroatoms. The Morgan fingerprint density at radius 2 is 2.00 bits per heavy atom. The molecule has 2 unspecified atom stereocenters. The molecule has 1 aliphatic heterocycles. The molecule has 0 fully saturated rings. The summed E-state index contributed by atoms with van der Waals surface area (Å²) in [5.41, 5.74) is 1.74. The first-order valence-electron chi connectivity index (χ1n) is 5.60. The molecule has 0 saturated heterocycles. The van der Waals surface area contributed by atoms with E-state index in [0.717, 1.165) is 11.3 Å². The third kappa shape index (κ3) is 2.60. The summed E-state index contributed by atoms with van der Waals surface area (Å²) in [7, 11) is 0. The van der Waals surface area contributed by atoms with Crippen molar-refractivity contribution in [2.75, 3.05) is 0 Å². The van der Waals surface area contributed by atoms with Crippen LogP contribution < -0.4 is 5.32 Å². The van der Waals surface area contributed by atoms with E-state index in [1.807, 2.05) is 19.1 Å². The van der Waals surface area contributed by atoms with Gasteiger partial charge in [-0.05, 0) is 43.8 Å². The van der Waals surface area contributed by atoms with Gasteiger partial charge in [-0.15, -0.1) is 0 Å². The number of nitrogens with zero attached hydrogens (tertiary/aromatic N) is 1. The Labute approximate surface area is 116 Å². The fraction of sp³-hybridized carbons (Fsp3) is 0.308. The number of Topliss-reactive ketones (excluding diaryl/α,β-unsaturated/α-hetero) is 1. The highest BCUT2D eigenvalue weighted by molar-refractivity contribution is 7.80. The zero-order valence-electron chi connectivity index (χ0n) is 10.1. The predicted octanol–water partition coefficient (Wildman–Crippen LogP) is 2.94. The molecule has 94 valence electrons. The highest BCUT2D eigenvalue weighted by Crippen LogP contribution is 2.28. The number of rotatable bonds is 2. The van der Waals surface area contributed by atoms with Crippen molar-refractivity contribution in [2.24, 2.45) is 10.9 Å². The molecule has 0 amide bonds. The summed E-state index contributed by atoms with van der Waals surface area (Å²) in [5.74, 6) is -0.205. The van der Waals surface area contributed by atoms with E-state index < -0.39 is 0 Å². The molecule has 18 heavy (non-hydrogen) atoms. The quantitative estimate of drug-likeness (QED) is 0.847. The average molecular weight is 281 g/mol. The minimum Gasteiger partial charge on any atom is -0.353 e. The first kappa shape index (κ1) is 13.2. The molecule has 0 saturated carbocycles. The second-order valence-corrected chi connectivity index (χ2v) is 5.14. The number of benzene rings is 1. The fourth-order valence-electron chi connectivity index (χ4n) is 2.19. The van der Waals surface area contributed by atoms with Crippen molar-refractivity contribution in [3.63, 3.8) is 0 Å². The van der Waals surface area contributed by atoms with Gasteiger partial charge in [0.15, 0.2) is 5.11 Å². The molecule has 1 aliphatic rings. The lowest BCUT2D eigenvalue weighted by molar-refractivity contribution is -0.119. The third-order valence-electron chi connectivity index (χ3n) is 3.01. The minimum absolute atomic E-state index is 0.0752. The van der Waals surface area contributed by atoms with Crippen LogP contribution in [0.4, 0.5) is 0 Å². The maximum absolute atomic E-state index is 11.8. The van der Waals surface area contributed by atoms with Crippen LogP contribution >= 0.6 is 23.8 Å². The van der Waals surface area contributed by atoms with E-state index in [1.54, 1.807) is 19.1 Å². The number of carbonyl (C=O) groups is 1. The topological polar surface area (TPSA) is 41.5 Å². The maximum Gasteiger partial charge on any atom is 0.193 e. The molecular weight excluding hydrogens is 268 g/mol. The molecular formula is C13H13ClN2OS. The Hall–Kier alpha value is -1.26. The monoisotopic (exact) mass is 280 g/mol. The third-order valence-corrected chi connectivity index (χ3v) is 3.47. The van der Waals surface area contributed by atoms with Crippen molar-refractivity contribution in [1.82, 2.24) is 5.32 Å². The van der Waals surface area contributed by atoms with Crippen LogP contribution in [0.15, 0.2) is 29.3 Å². The van der Waals surface area contributed by atoms with Crippen LogP contribution in [-0.4, -0.2) is 16.6 Å². The Balaban J connectivity index is 2.41. The number of nitrogens with one attached hydrogen (secondary N) is 1. The van der Waals surface area contributed by atoms with Crippen LogP contribution in [0.5, 0.6) is 0 Å².